The van der Waals surface area contributed by atoms with E-state index in [4.69, 9.17) is 0 Å². The second kappa shape index (κ2) is 6.78. The molecule has 100 valence electrons. The van der Waals surface area contributed by atoms with Crippen molar-refractivity contribution in [1.82, 2.24) is 5.32 Å². The van der Waals surface area contributed by atoms with Crippen LogP contribution in [0.2, 0.25) is 0 Å². The van der Waals surface area contributed by atoms with Gasteiger partial charge in [0, 0.05) is 0 Å². The number of hydrogen-bond acceptors (Lipinski definition) is 1. The second-order valence-electron chi connectivity index (χ2n) is 6.81. The summed E-state index contributed by atoms with van der Waals surface area (Å²) < 4.78 is 0. The van der Waals surface area contributed by atoms with Crippen LogP contribution in [0.3, 0.4) is 0 Å². The third-order valence-electron chi connectivity index (χ3n) is 5.26. The molecule has 0 aromatic rings. The van der Waals surface area contributed by atoms with Crippen LogP contribution < -0.4 is 5.32 Å². The van der Waals surface area contributed by atoms with Crippen molar-refractivity contribution in [3.05, 3.63) is 0 Å². The van der Waals surface area contributed by atoms with E-state index in [1.54, 1.807) is 0 Å². The highest BCUT2D eigenvalue weighted by Crippen LogP contribution is 2.30. The lowest BCUT2D eigenvalue weighted by Crippen LogP contribution is -2.33. The van der Waals surface area contributed by atoms with Gasteiger partial charge >= 0.3 is 0 Å². The van der Waals surface area contributed by atoms with Gasteiger partial charge < -0.3 is 5.32 Å². The molecule has 2 aliphatic carbocycles. The lowest BCUT2D eigenvalue weighted by Gasteiger charge is -2.31. The molecule has 2 unspecified atom stereocenters. The van der Waals surface area contributed by atoms with E-state index in [1.807, 2.05) is 0 Å². The Bertz CT molecular complexity index is 206. The summed E-state index contributed by atoms with van der Waals surface area (Å²) in [6.07, 6.45) is 11.7. The topological polar surface area (TPSA) is 12.0 Å². The number of rotatable bonds is 4. The molecular formula is C16H31N. The van der Waals surface area contributed by atoms with Crippen molar-refractivity contribution in [1.29, 1.82) is 0 Å². The Morgan fingerprint density at radius 1 is 0.824 bits per heavy atom. The highest BCUT2D eigenvalue weighted by molar-refractivity contribution is 4.76. The van der Waals surface area contributed by atoms with Gasteiger partial charge in [-0.1, -0.05) is 46.0 Å². The molecule has 0 amide bonds. The zero-order chi connectivity index (χ0) is 12.1. The standard InChI is InChI=1S/C16H31N/c1-13-7-9-15(10-8-13)11-17-12-16-6-4-3-5-14(16)2/h13-17H,3-12H2,1-2H3. The van der Waals surface area contributed by atoms with Crippen molar-refractivity contribution in [3.63, 3.8) is 0 Å². The fourth-order valence-electron chi connectivity index (χ4n) is 3.70. The maximum atomic E-state index is 3.77. The Morgan fingerprint density at radius 2 is 1.53 bits per heavy atom. The molecule has 0 bridgehead atoms. The van der Waals surface area contributed by atoms with E-state index in [2.05, 4.69) is 19.2 Å². The third-order valence-corrected chi connectivity index (χ3v) is 5.26. The molecular weight excluding hydrogens is 206 g/mol. The monoisotopic (exact) mass is 237 g/mol. The van der Waals surface area contributed by atoms with Crippen LogP contribution in [0, 0.1) is 23.7 Å². The molecule has 1 heteroatoms. The molecule has 2 saturated carbocycles. The summed E-state index contributed by atoms with van der Waals surface area (Å²) >= 11 is 0. The molecule has 2 aliphatic rings. The Kier molecular flexibility index (Phi) is 5.34. The van der Waals surface area contributed by atoms with Gasteiger partial charge in [-0.2, -0.15) is 0 Å². The highest BCUT2D eigenvalue weighted by Gasteiger charge is 2.22. The van der Waals surface area contributed by atoms with Gasteiger partial charge in [-0.15, -0.1) is 0 Å². The van der Waals surface area contributed by atoms with Crippen molar-refractivity contribution < 1.29 is 0 Å². The molecule has 2 atom stereocenters. The minimum absolute atomic E-state index is 0.961. The first-order valence-corrected chi connectivity index (χ1v) is 7.96. The first kappa shape index (κ1) is 13.4. The summed E-state index contributed by atoms with van der Waals surface area (Å²) in [4.78, 5) is 0. The Morgan fingerprint density at radius 3 is 2.24 bits per heavy atom. The number of hydrogen-bond donors (Lipinski definition) is 1. The molecule has 1 nitrogen and oxygen atoms in total. The molecule has 0 aromatic carbocycles. The Balaban J connectivity index is 1.59. The van der Waals surface area contributed by atoms with Gasteiger partial charge in [0.1, 0.15) is 0 Å². The Hall–Kier alpha value is -0.0400. The smallest absolute Gasteiger partial charge is 0.00179 e. The summed E-state index contributed by atoms with van der Waals surface area (Å²) in [7, 11) is 0. The van der Waals surface area contributed by atoms with Gasteiger partial charge in [-0.3, -0.25) is 0 Å². The Labute approximate surface area is 108 Å². The molecule has 0 spiro atoms. The van der Waals surface area contributed by atoms with Gasteiger partial charge in [0.25, 0.3) is 0 Å². The lowest BCUT2D eigenvalue weighted by molar-refractivity contribution is 0.232. The quantitative estimate of drug-likeness (QED) is 0.771. The van der Waals surface area contributed by atoms with Gasteiger partial charge in [0.05, 0.1) is 0 Å². The zero-order valence-corrected chi connectivity index (χ0v) is 11.9. The van der Waals surface area contributed by atoms with E-state index >= 15 is 0 Å². The van der Waals surface area contributed by atoms with Crippen LogP contribution in [-0.2, 0) is 0 Å². The van der Waals surface area contributed by atoms with E-state index in [-0.39, 0.29) is 0 Å². The third kappa shape index (κ3) is 4.28. The maximum absolute atomic E-state index is 3.77. The van der Waals surface area contributed by atoms with Gasteiger partial charge in [0.15, 0.2) is 0 Å². The maximum Gasteiger partial charge on any atom is -0.00179 e. The number of nitrogens with one attached hydrogen (secondary N) is 1. The predicted molar refractivity (Wildman–Crippen MR) is 75.1 cm³/mol. The first-order chi connectivity index (χ1) is 8.25. The average Bonchev–Trinajstić information content (AvgIpc) is 2.34. The lowest BCUT2D eigenvalue weighted by atomic mass is 9.80. The fourth-order valence-corrected chi connectivity index (χ4v) is 3.70. The van der Waals surface area contributed by atoms with E-state index in [1.165, 1.54) is 64.5 Å². The van der Waals surface area contributed by atoms with Crippen LogP contribution in [-0.4, -0.2) is 13.1 Å². The summed E-state index contributed by atoms with van der Waals surface area (Å²) in [5, 5.41) is 3.77. The van der Waals surface area contributed by atoms with Crippen LogP contribution in [0.4, 0.5) is 0 Å². The minimum atomic E-state index is 0.961. The van der Waals surface area contributed by atoms with Crippen LogP contribution >= 0.6 is 0 Å². The van der Waals surface area contributed by atoms with Crippen LogP contribution in [0.1, 0.15) is 65.2 Å². The zero-order valence-electron chi connectivity index (χ0n) is 11.9. The molecule has 2 rings (SSSR count). The van der Waals surface area contributed by atoms with Crippen molar-refractivity contribution in [2.75, 3.05) is 13.1 Å². The van der Waals surface area contributed by atoms with E-state index < -0.39 is 0 Å². The van der Waals surface area contributed by atoms with E-state index in [0.717, 1.165) is 23.7 Å². The molecule has 17 heavy (non-hydrogen) atoms. The second-order valence-corrected chi connectivity index (χ2v) is 6.81. The van der Waals surface area contributed by atoms with Gasteiger partial charge in [-0.05, 0) is 56.0 Å². The van der Waals surface area contributed by atoms with Crippen LogP contribution in [0.5, 0.6) is 0 Å². The molecule has 0 aromatic heterocycles. The minimum Gasteiger partial charge on any atom is -0.316 e. The summed E-state index contributed by atoms with van der Waals surface area (Å²) in [6, 6.07) is 0. The van der Waals surface area contributed by atoms with E-state index in [0.29, 0.717) is 0 Å². The summed E-state index contributed by atoms with van der Waals surface area (Å²) in [5.74, 6) is 3.89. The molecule has 1 N–H and O–H groups in total. The van der Waals surface area contributed by atoms with Crippen molar-refractivity contribution in [2.45, 2.75) is 65.2 Å². The highest BCUT2D eigenvalue weighted by atomic mass is 14.9. The molecule has 0 radical (unpaired) electrons. The van der Waals surface area contributed by atoms with Gasteiger partial charge in [-0.25, -0.2) is 0 Å². The van der Waals surface area contributed by atoms with Gasteiger partial charge in [0.2, 0.25) is 0 Å². The normalized spacial score (nSPS) is 39.2. The molecule has 0 heterocycles. The molecule has 0 aliphatic heterocycles. The summed E-state index contributed by atoms with van der Waals surface area (Å²) in [6.45, 7) is 7.43. The van der Waals surface area contributed by atoms with Crippen molar-refractivity contribution in [3.8, 4) is 0 Å². The first-order valence-electron chi connectivity index (χ1n) is 7.96. The van der Waals surface area contributed by atoms with Crippen LogP contribution in [0.25, 0.3) is 0 Å². The summed E-state index contributed by atoms with van der Waals surface area (Å²) in [5.41, 5.74) is 0. The van der Waals surface area contributed by atoms with Crippen molar-refractivity contribution >= 4 is 0 Å². The van der Waals surface area contributed by atoms with E-state index in [9.17, 15) is 0 Å². The molecule has 0 saturated heterocycles. The predicted octanol–water partition coefficient (Wildman–Crippen LogP) is 4.23. The van der Waals surface area contributed by atoms with Crippen molar-refractivity contribution in [2.24, 2.45) is 23.7 Å². The van der Waals surface area contributed by atoms with Crippen LogP contribution in [0.15, 0.2) is 0 Å². The fraction of sp³-hybridized carbons (Fsp3) is 1.00. The molecule has 2 fully saturated rings. The SMILES string of the molecule is CC1CCC(CNCC2CCCCC2C)CC1. The largest absolute Gasteiger partial charge is 0.316 e. The average molecular weight is 237 g/mol.